The van der Waals surface area contributed by atoms with Gasteiger partial charge in [0, 0.05) is 6.61 Å². The second kappa shape index (κ2) is 15.8. The molecule has 0 spiro atoms. The standard InChI is InChI=1S/C23H43NO9/c1-23(2,3)33-22(26)24-17-20(16-19(24)18-25)30-14-12-28-10-8-27-9-11-29-13-15-32-21-6-4-5-7-31-21/h19-21,25H,4-18H2,1-3H3. The minimum Gasteiger partial charge on any atom is -0.444 e. The van der Waals surface area contributed by atoms with Crippen LogP contribution in [-0.2, 0) is 33.2 Å². The molecule has 2 fully saturated rings. The molecule has 2 aliphatic rings. The summed E-state index contributed by atoms with van der Waals surface area (Å²) in [5, 5.41) is 9.56. The highest BCUT2D eigenvalue weighted by molar-refractivity contribution is 5.69. The van der Waals surface area contributed by atoms with Gasteiger partial charge >= 0.3 is 6.09 Å². The maximum atomic E-state index is 12.3. The summed E-state index contributed by atoms with van der Waals surface area (Å²) in [7, 11) is 0. The SMILES string of the molecule is CC(C)(C)OC(=O)N1CC(OCCOCCOCCOCCOC2CCCCO2)CC1CO. The molecule has 1 amide bonds. The Morgan fingerprint density at radius 2 is 1.55 bits per heavy atom. The first-order valence-electron chi connectivity index (χ1n) is 12.1. The predicted octanol–water partition coefficient (Wildman–Crippen LogP) is 1.97. The number of likely N-dealkylation sites (tertiary alicyclic amines) is 1. The monoisotopic (exact) mass is 477 g/mol. The second-order valence-corrected chi connectivity index (χ2v) is 9.20. The number of aliphatic hydroxyl groups is 1. The lowest BCUT2D eigenvalue weighted by Crippen LogP contribution is -2.41. The van der Waals surface area contributed by atoms with Crippen molar-refractivity contribution < 1.29 is 43.1 Å². The summed E-state index contributed by atoms with van der Waals surface area (Å²) >= 11 is 0. The average molecular weight is 478 g/mol. The number of nitrogens with zero attached hydrogens (tertiary/aromatic N) is 1. The van der Waals surface area contributed by atoms with Crippen molar-refractivity contribution in [3.63, 3.8) is 0 Å². The molecule has 1 N–H and O–H groups in total. The van der Waals surface area contributed by atoms with Crippen LogP contribution in [-0.4, -0.2) is 113 Å². The van der Waals surface area contributed by atoms with E-state index < -0.39 is 11.7 Å². The summed E-state index contributed by atoms with van der Waals surface area (Å²) in [6.07, 6.45) is 3.18. The normalized spacial score (nSPS) is 23.8. The van der Waals surface area contributed by atoms with Crippen LogP contribution in [0.15, 0.2) is 0 Å². The molecule has 0 radical (unpaired) electrons. The second-order valence-electron chi connectivity index (χ2n) is 9.20. The maximum Gasteiger partial charge on any atom is 0.410 e. The van der Waals surface area contributed by atoms with E-state index in [4.69, 9.17) is 33.2 Å². The van der Waals surface area contributed by atoms with E-state index in [9.17, 15) is 9.90 Å². The van der Waals surface area contributed by atoms with Crippen LogP contribution < -0.4 is 0 Å². The van der Waals surface area contributed by atoms with E-state index in [1.165, 1.54) is 0 Å². The van der Waals surface area contributed by atoms with Gasteiger partial charge in [0.25, 0.3) is 0 Å². The van der Waals surface area contributed by atoms with Gasteiger partial charge in [-0.2, -0.15) is 0 Å². The Kier molecular flexibility index (Phi) is 13.5. The highest BCUT2D eigenvalue weighted by Gasteiger charge is 2.37. The van der Waals surface area contributed by atoms with Gasteiger partial charge in [-0.05, 0) is 46.5 Å². The molecule has 0 aromatic heterocycles. The number of amides is 1. The lowest BCUT2D eigenvalue weighted by atomic mass is 10.2. The highest BCUT2D eigenvalue weighted by atomic mass is 16.7. The minimum atomic E-state index is -0.573. The van der Waals surface area contributed by atoms with Crippen LogP contribution in [0.3, 0.4) is 0 Å². The van der Waals surface area contributed by atoms with Crippen molar-refractivity contribution in [1.29, 1.82) is 0 Å². The molecule has 2 aliphatic heterocycles. The van der Waals surface area contributed by atoms with Crippen LogP contribution in [0.4, 0.5) is 4.79 Å². The maximum absolute atomic E-state index is 12.3. The first-order valence-corrected chi connectivity index (χ1v) is 12.1. The van der Waals surface area contributed by atoms with Crippen molar-refractivity contribution >= 4 is 6.09 Å². The molecular formula is C23H43NO9. The zero-order valence-electron chi connectivity index (χ0n) is 20.5. The third-order valence-corrected chi connectivity index (χ3v) is 5.21. The van der Waals surface area contributed by atoms with Gasteiger partial charge in [-0.15, -0.1) is 0 Å². The zero-order valence-corrected chi connectivity index (χ0v) is 20.5. The summed E-state index contributed by atoms with van der Waals surface area (Å²) in [5.41, 5.74) is -0.573. The van der Waals surface area contributed by atoms with Crippen LogP contribution in [0, 0.1) is 0 Å². The van der Waals surface area contributed by atoms with Crippen molar-refractivity contribution in [2.45, 2.75) is 70.5 Å². The molecule has 2 heterocycles. The van der Waals surface area contributed by atoms with Gasteiger partial charge in [0.1, 0.15) is 5.60 Å². The first kappa shape index (κ1) is 28.2. The van der Waals surface area contributed by atoms with Crippen molar-refractivity contribution in [1.82, 2.24) is 4.90 Å². The molecule has 10 nitrogen and oxygen atoms in total. The molecule has 0 aromatic rings. The molecule has 0 aliphatic carbocycles. The third kappa shape index (κ3) is 12.3. The number of rotatable bonds is 15. The van der Waals surface area contributed by atoms with Gasteiger partial charge in [-0.25, -0.2) is 4.79 Å². The quantitative estimate of drug-likeness (QED) is 0.354. The topological polar surface area (TPSA) is 105 Å². The Balaban J connectivity index is 1.39. The van der Waals surface area contributed by atoms with E-state index in [-0.39, 0.29) is 25.0 Å². The van der Waals surface area contributed by atoms with Crippen molar-refractivity contribution in [2.24, 2.45) is 0 Å². The van der Waals surface area contributed by atoms with Gasteiger partial charge < -0.3 is 43.2 Å². The van der Waals surface area contributed by atoms with Crippen molar-refractivity contribution in [2.75, 3.05) is 72.6 Å². The number of hydrogen-bond acceptors (Lipinski definition) is 9. The van der Waals surface area contributed by atoms with Crippen LogP contribution >= 0.6 is 0 Å². The Morgan fingerprint density at radius 1 is 0.939 bits per heavy atom. The zero-order chi connectivity index (χ0) is 23.9. The predicted molar refractivity (Wildman–Crippen MR) is 120 cm³/mol. The number of carbonyl (C=O) groups excluding carboxylic acids is 1. The van der Waals surface area contributed by atoms with Gasteiger partial charge in [0.05, 0.1) is 78.2 Å². The van der Waals surface area contributed by atoms with Gasteiger partial charge in [-0.1, -0.05) is 0 Å². The van der Waals surface area contributed by atoms with Crippen LogP contribution in [0.2, 0.25) is 0 Å². The molecule has 33 heavy (non-hydrogen) atoms. The van der Waals surface area contributed by atoms with Crippen LogP contribution in [0.25, 0.3) is 0 Å². The fourth-order valence-electron chi connectivity index (χ4n) is 3.61. The molecule has 0 aromatic carbocycles. The highest BCUT2D eigenvalue weighted by Crippen LogP contribution is 2.23. The number of hydrogen-bond donors (Lipinski definition) is 1. The lowest BCUT2D eigenvalue weighted by Gasteiger charge is -2.27. The van der Waals surface area contributed by atoms with Crippen LogP contribution in [0.5, 0.6) is 0 Å². The summed E-state index contributed by atoms with van der Waals surface area (Å²) in [6, 6.07) is -0.284. The van der Waals surface area contributed by atoms with E-state index in [1.807, 2.05) is 20.8 Å². The van der Waals surface area contributed by atoms with Crippen molar-refractivity contribution in [3.8, 4) is 0 Å². The van der Waals surface area contributed by atoms with E-state index in [2.05, 4.69) is 0 Å². The molecule has 2 rings (SSSR count). The van der Waals surface area contributed by atoms with E-state index in [0.29, 0.717) is 65.8 Å². The molecule has 10 heteroatoms. The first-order chi connectivity index (χ1) is 15.9. The minimum absolute atomic E-state index is 0.0755. The fraction of sp³-hybridized carbons (Fsp3) is 0.957. The summed E-state index contributed by atoms with van der Waals surface area (Å²) in [5.74, 6) is 0. The Hall–Kier alpha value is -1.01. The Bertz CT molecular complexity index is 523. The Labute approximate surface area is 197 Å². The van der Waals surface area contributed by atoms with E-state index in [0.717, 1.165) is 25.9 Å². The Morgan fingerprint density at radius 3 is 2.09 bits per heavy atom. The molecule has 194 valence electrons. The van der Waals surface area contributed by atoms with Crippen molar-refractivity contribution in [3.05, 3.63) is 0 Å². The lowest BCUT2D eigenvalue weighted by molar-refractivity contribution is -0.169. The van der Waals surface area contributed by atoms with Crippen LogP contribution in [0.1, 0.15) is 46.5 Å². The molecule has 3 unspecified atom stereocenters. The molecule has 0 bridgehead atoms. The molecule has 3 atom stereocenters. The molecule has 2 saturated heterocycles. The number of ether oxygens (including phenoxy) is 7. The van der Waals surface area contributed by atoms with E-state index >= 15 is 0 Å². The summed E-state index contributed by atoms with van der Waals surface area (Å²) in [4.78, 5) is 13.8. The number of aliphatic hydroxyl groups excluding tert-OH is 1. The molecular weight excluding hydrogens is 434 g/mol. The largest absolute Gasteiger partial charge is 0.444 e. The smallest absolute Gasteiger partial charge is 0.410 e. The number of carbonyl (C=O) groups is 1. The van der Waals surface area contributed by atoms with Gasteiger partial charge in [0.15, 0.2) is 6.29 Å². The average Bonchev–Trinajstić information content (AvgIpc) is 3.20. The fourth-order valence-corrected chi connectivity index (χ4v) is 3.61. The summed E-state index contributed by atoms with van der Waals surface area (Å²) in [6.45, 7) is 10.4. The van der Waals surface area contributed by atoms with E-state index in [1.54, 1.807) is 4.90 Å². The summed E-state index contributed by atoms with van der Waals surface area (Å²) < 4.78 is 38.8. The molecule has 0 saturated carbocycles. The van der Waals surface area contributed by atoms with Gasteiger partial charge in [-0.3, -0.25) is 0 Å². The van der Waals surface area contributed by atoms with Gasteiger partial charge in [0.2, 0.25) is 0 Å². The third-order valence-electron chi connectivity index (χ3n) is 5.21.